The first-order chi connectivity index (χ1) is 7.81. The van der Waals surface area contributed by atoms with Crippen molar-refractivity contribution in [1.82, 2.24) is 0 Å². The topological polar surface area (TPSA) is 46.2 Å². The number of benzene rings is 1. The van der Waals surface area contributed by atoms with E-state index in [-0.39, 0.29) is 0 Å². The largest absolute Gasteiger partial charge is 0.388 e. The van der Waals surface area contributed by atoms with E-state index in [4.69, 9.17) is 5.73 Å². The van der Waals surface area contributed by atoms with E-state index in [2.05, 4.69) is 18.2 Å². The Kier molecular flexibility index (Phi) is 3.72. The van der Waals surface area contributed by atoms with E-state index in [0.717, 1.165) is 4.88 Å². The quantitative estimate of drug-likeness (QED) is 0.853. The van der Waals surface area contributed by atoms with Gasteiger partial charge in [-0.25, -0.2) is 0 Å². The second-order valence-electron chi connectivity index (χ2n) is 3.66. The highest BCUT2D eigenvalue weighted by Crippen LogP contribution is 2.32. The molecule has 0 saturated heterocycles. The minimum Gasteiger partial charge on any atom is -0.388 e. The molecule has 1 heterocycles. The van der Waals surface area contributed by atoms with Crippen LogP contribution in [0, 0.1) is 0 Å². The van der Waals surface area contributed by atoms with Crippen LogP contribution in [0.25, 0.3) is 10.4 Å². The zero-order valence-corrected chi connectivity index (χ0v) is 9.78. The average Bonchev–Trinajstić information content (AvgIpc) is 2.80. The molecule has 0 aliphatic carbocycles. The Morgan fingerprint density at radius 3 is 2.56 bits per heavy atom. The maximum atomic E-state index is 9.81. The van der Waals surface area contributed by atoms with Crippen molar-refractivity contribution in [2.75, 3.05) is 6.54 Å². The SMILES string of the molecule is NCC[C@H](O)c1ccc(-c2ccccc2)s1. The van der Waals surface area contributed by atoms with Crippen LogP contribution < -0.4 is 5.73 Å². The summed E-state index contributed by atoms with van der Waals surface area (Å²) in [5.74, 6) is 0. The highest BCUT2D eigenvalue weighted by molar-refractivity contribution is 7.15. The van der Waals surface area contributed by atoms with Crippen molar-refractivity contribution in [2.24, 2.45) is 5.73 Å². The van der Waals surface area contributed by atoms with Gasteiger partial charge in [0.15, 0.2) is 0 Å². The van der Waals surface area contributed by atoms with Crippen LogP contribution in [0.2, 0.25) is 0 Å². The third kappa shape index (κ3) is 2.50. The van der Waals surface area contributed by atoms with Crippen LogP contribution in [-0.4, -0.2) is 11.7 Å². The molecule has 1 aromatic heterocycles. The van der Waals surface area contributed by atoms with Crippen molar-refractivity contribution >= 4 is 11.3 Å². The number of rotatable bonds is 4. The van der Waals surface area contributed by atoms with Crippen molar-refractivity contribution in [3.05, 3.63) is 47.3 Å². The predicted molar refractivity (Wildman–Crippen MR) is 68.4 cm³/mol. The second kappa shape index (κ2) is 5.25. The number of nitrogens with two attached hydrogens (primary N) is 1. The lowest BCUT2D eigenvalue weighted by molar-refractivity contribution is 0.174. The van der Waals surface area contributed by atoms with Gasteiger partial charge in [-0.05, 0) is 30.7 Å². The number of aliphatic hydroxyl groups is 1. The first-order valence-corrected chi connectivity index (χ1v) is 6.16. The standard InChI is InChI=1S/C13H15NOS/c14-9-8-11(15)13-7-6-12(16-13)10-4-2-1-3-5-10/h1-7,11,15H,8-9,14H2/t11-/m0/s1. The fourth-order valence-corrected chi connectivity index (χ4v) is 2.62. The van der Waals surface area contributed by atoms with Crippen LogP contribution in [0.3, 0.4) is 0 Å². The molecule has 3 N–H and O–H groups in total. The summed E-state index contributed by atoms with van der Waals surface area (Å²) >= 11 is 1.63. The molecular formula is C13H15NOS. The summed E-state index contributed by atoms with van der Waals surface area (Å²) in [6, 6.07) is 14.2. The van der Waals surface area contributed by atoms with Gasteiger partial charge < -0.3 is 10.8 Å². The van der Waals surface area contributed by atoms with E-state index in [9.17, 15) is 5.11 Å². The van der Waals surface area contributed by atoms with Gasteiger partial charge in [0.05, 0.1) is 6.10 Å². The lowest BCUT2D eigenvalue weighted by Gasteiger charge is -2.05. The summed E-state index contributed by atoms with van der Waals surface area (Å²) in [7, 11) is 0. The van der Waals surface area contributed by atoms with Crippen molar-refractivity contribution in [2.45, 2.75) is 12.5 Å². The van der Waals surface area contributed by atoms with E-state index >= 15 is 0 Å². The predicted octanol–water partition coefficient (Wildman–Crippen LogP) is 2.80. The summed E-state index contributed by atoms with van der Waals surface area (Å²) < 4.78 is 0. The lowest BCUT2D eigenvalue weighted by atomic mass is 10.2. The van der Waals surface area contributed by atoms with Crippen LogP contribution in [0.1, 0.15) is 17.4 Å². The Morgan fingerprint density at radius 1 is 1.12 bits per heavy atom. The molecule has 0 amide bonds. The molecule has 2 rings (SSSR count). The van der Waals surface area contributed by atoms with Gasteiger partial charge in [0.1, 0.15) is 0 Å². The van der Waals surface area contributed by atoms with Gasteiger partial charge in [-0.2, -0.15) is 0 Å². The zero-order valence-electron chi connectivity index (χ0n) is 8.97. The Balaban J connectivity index is 2.20. The van der Waals surface area contributed by atoms with Crippen LogP contribution >= 0.6 is 11.3 Å². The molecule has 1 atom stereocenters. The summed E-state index contributed by atoms with van der Waals surface area (Å²) in [5, 5.41) is 9.81. The first kappa shape index (κ1) is 11.3. The minimum atomic E-state index is -0.424. The molecule has 0 aliphatic rings. The van der Waals surface area contributed by atoms with Gasteiger partial charge in [-0.1, -0.05) is 30.3 Å². The average molecular weight is 233 g/mol. The third-order valence-corrected chi connectivity index (χ3v) is 3.69. The molecule has 84 valence electrons. The lowest BCUT2D eigenvalue weighted by Crippen LogP contribution is -2.05. The fraction of sp³-hybridized carbons (Fsp3) is 0.231. The molecule has 0 radical (unpaired) electrons. The number of aliphatic hydroxyl groups excluding tert-OH is 1. The van der Waals surface area contributed by atoms with E-state index in [1.807, 2.05) is 24.3 Å². The van der Waals surface area contributed by atoms with Gasteiger partial charge in [0.2, 0.25) is 0 Å². The molecule has 0 fully saturated rings. The van der Waals surface area contributed by atoms with Crippen molar-refractivity contribution in [3.63, 3.8) is 0 Å². The Labute approximate surface area is 99.4 Å². The molecule has 3 heteroatoms. The van der Waals surface area contributed by atoms with E-state index in [1.165, 1.54) is 10.4 Å². The molecule has 0 saturated carbocycles. The van der Waals surface area contributed by atoms with Gasteiger partial charge in [-0.3, -0.25) is 0 Å². The molecule has 0 bridgehead atoms. The fourth-order valence-electron chi connectivity index (χ4n) is 1.59. The van der Waals surface area contributed by atoms with Crippen molar-refractivity contribution < 1.29 is 5.11 Å². The van der Waals surface area contributed by atoms with Crippen molar-refractivity contribution in [3.8, 4) is 10.4 Å². The number of hydrogen-bond donors (Lipinski definition) is 2. The molecule has 0 unspecified atom stereocenters. The minimum absolute atomic E-state index is 0.424. The summed E-state index contributed by atoms with van der Waals surface area (Å²) in [5.41, 5.74) is 6.62. The Morgan fingerprint density at radius 2 is 1.88 bits per heavy atom. The number of thiophene rings is 1. The van der Waals surface area contributed by atoms with E-state index < -0.39 is 6.10 Å². The Bertz CT molecular complexity index is 438. The third-order valence-electron chi connectivity index (χ3n) is 2.45. The molecule has 2 nitrogen and oxygen atoms in total. The summed E-state index contributed by atoms with van der Waals surface area (Å²) in [6.07, 6.45) is 0.196. The maximum absolute atomic E-state index is 9.81. The monoisotopic (exact) mass is 233 g/mol. The molecule has 16 heavy (non-hydrogen) atoms. The van der Waals surface area contributed by atoms with Crippen LogP contribution in [-0.2, 0) is 0 Å². The van der Waals surface area contributed by atoms with Gasteiger partial charge in [0.25, 0.3) is 0 Å². The van der Waals surface area contributed by atoms with Crippen LogP contribution in [0.5, 0.6) is 0 Å². The van der Waals surface area contributed by atoms with E-state index in [0.29, 0.717) is 13.0 Å². The highest BCUT2D eigenvalue weighted by Gasteiger charge is 2.10. The first-order valence-electron chi connectivity index (χ1n) is 5.34. The van der Waals surface area contributed by atoms with Crippen LogP contribution in [0.4, 0.5) is 0 Å². The molecule has 0 aliphatic heterocycles. The highest BCUT2D eigenvalue weighted by atomic mass is 32.1. The normalized spacial score (nSPS) is 12.6. The zero-order chi connectivity index (χ0) is 11.4. The number of hydrogen-bond acceptors (Lipinski definition) is 3. The molecule has 1 aromatic carbocycles. The van der Waals surface area contributed by atoms with Crippen molar-refractivity contribution in [1.29, 1.82) is 0 Å². The van der Waals surface area contributed by atoms with Gasteiger partial charge in [0, 0.05) is 9.75 Å². The second-order valence-corrected chi connectivity index (χ2v) is 4.78. The molecule has 2 aromatic rings. The van der Waals surface area contributed by atoms with E-state index in [1.54, 1.807) is 11.3 Å². The summed E-state index contributed by atoms with van der Waals surface area (Å²) in [6.45, 7) is 0.514. The smallest absolute Gasteiger partial charge is 0.0894 e. The summed E-state index contributed by atoms with van der Waals surface area (Å²) in [4.78, 5) is 2.18. The molecular weight excluding hydrogens is 218 g/mol. The molecule has 0 spiro atoms. The van der Waals surface area contributed by atoms with Gasteiger partial charge in [-0.15, -0.1) is 11.3 Å². The van der Waals surface area contributed by atoms with Crippen LogP contribution in [0.15, 0.2) is 42.5 Å². The Hall–Kier alpha value is -1.16. The maximum Gasteiger partial charge on any atom is 0.0894 e. The van der Waals surface area contributed by atoms with Gasteiger partial charge >= 0.3 is 0 Å².